The molecule has 1 heterocycles. The number of carbonyl (C=O) groups excluding carboxylic acids is 1. The minimum Gasteiger partial charge on any atom is -0.356 e. The van der Waals surface area contributed by atoms with E-state index < -0.39 is 0 Å². The lowest BCUT2D eigenvalue weighted by molar-refractivity contribution is -0.126. The molecule has 1 amide bonds. The highest BCUT2D eigenvalue weighted by atomic mass is 16.1. The molecule has 1 saturated carbocycles. The number of nitrogens with zero attached hydrogens (tertiary/aromatic N) is 4. The summed E-state index contributed by atoms with van der Waals surface area (Å²) in [6.07, 6.45) is 6.86. The van der Waals surface area contributed by atoms with Crippen molar-refractivity contribution in [1.29, 1.82) is 0 Å². The van der Waals surface area contributed by atoms with Crippen molar-refractivity contribution in [3.63, 3.8) is 0 Å². The Morgan fingerprint density at radius 2 is 2.10 bits per heavy atom. The van der Waals surface area contributed by atoms with E-state index in [0.717, 1.165) is 45.2 Å². The molecule has 0 aromatic carbocycles. The fraction of sp³-hybridized carbons (Fsp3) is 0.857. The summed E-state index contributed by atoms with van der Waals surface area (Å²) in [7, 11) is 0. The summed E-state index contributed by atoms with van der Waals surface area (Å²) in [5.41, 5.74) is 0. The third-order valence-electron chi connectivity index (χ3n) is 4.08. The number of rotatable bonds is 6. The second kappa shape index (κ2) is 7.36. The number of tetrazole rings is 1. The SMILES string of the molecule is CC(C)CCNC(=O)C1CCC(Cn2cnnn2)CC1. The van der Waals surface area contributed by atoms with E-state index in [9.17, 15) is 4.79 Å². The molecule has 1 aromatic rings. The summed E-state index contributed by atoms with van der Waals surface area (Å²) in [6.45, 7) is 6.03. The molecule has 1 aliphatic rings. The molecule has 0 radical (unpaired) electrons. The average Bonchev–Trinajstić information content (AvgIpc) is 2.92. The van der Waals surface area contributed by atoms with Crippen LogP contribution in [0.2, 0.25) is 0 Å². The maximum Gasteiger partial charge on any atom is 0.223 e. The molecule has 1 aliphatic carbocycles. The molecule has 1 fully saturated rings. The maximum absolute atomic E-state index is 12.1. The first-order valence-electron chi connectivity index (χ1n) is 7.63. The molecule has 1 N–H and O–H groups in total. The van der Waals surface area contributed by atoms with Crippen LogP contribution >= 0.6 is 0 Å². The van der Waals surface area contributed by atoms with Crippen LogP contribution in [0.3, 0.4) is 0 Å². The molecule has 20 heavy (non-hydrogen) atoms. The van der Waals surface area contributed by atoms with E-state index >= 15 is 0 Å². The van der Waals surface area contributed by atoms with Gasteiger partial charge >= 0.3 is 0 Å². The highest BCUT2D eigenvalue weighted by Gasteiger charge is 2.26. The molecule has 0 aliphatic heterocycles. The van der Waals surface area contributed by atoms with E-state index in [0.29, 0.717) is 11.8 Å². The van der Waals surface area contributed by atoms with Crippen molar-refractivity contribution in [2.75, 3.05) is 6.54 Å². The molecule has 0 spiro atoms. The maximum atomic E-state index is 12.1. The second-order valence-corrected chi connectivity index (χ2v) is 6.22. The van der Waals surface area contributed by atoms with Gasteiger partial charge in [-0.1, -0.05) is 13.8 Å². The van der Waals surface area contributed by atoms with Gasteiger partial charge in [-0.05, 0) is 54.4 Å². The van der Waals surface area contributed by atoms with Crippen LogP contribution < -0.4 is 5.32 Å². The molecule has 0 saturated heterocycles. The molecule has 0 atom stereocenters. The van der Waals surface area contributed by atoms with Gasteiger partial charge in [0.15, 0.2) is 0 Å². The molecular weight excluding hydrogens is 254 g/mol. The highest BCUT2D eigenvalue weighted by Crippen LogP contribution is 2.29. The third-order valence-corrected chi connectivity index (χ3v) is 4.08. The van der Waals surface area contributed by atoms with Crippen LogP contribution in [0.1, 0.15) is 46.0 Å². The van der Waals surface area contributed by atoms with Gasteiger partial charge < -0.3 is 5.32 Å². The van der Waals surface area contributed by atoms with E-state index in [2.05, 4.69) is 34.7 Å². The summed E-state index contributed by atoms with van der Waals surface area (Å²) in [4.78, 5) is 12.1. The number of nitrogens with one attached hydrogen (secondary N) is 1. The number of amides is 1. The Kier molecular flexibility index (Phi) is 5.49. The Labute approximate surface area is 120 Å². The summed E-state index contributed by atoms with van der Waals surface area (Å²) >= 11 is 0. The minimum absolute atomic E-state index is 0.201. The number of hydrogen-bond acceptors (Lipinski definition) is 4. The lowest BCUT2D eigenvalue weighted by Gasteiger charge is -2.27. The van der Waals surface area contributed by atoms with Gasteiger partial charge in [-0.25, -0.2) is 4.68 Å². The zero-order valence-corrected chi connectivity index (χ0v) is 12.5. The lowest BCUT2D eigenvalue weighted by atomic mass is 9.81. The normalized spacial score (nSPS) is 22.9. The van der Waals surface area contributed by atoms with Gasteiger partial charge in [0, 0.05) is 19.0 Å². The topological polar surface area (TPSA) is 72.7 Å². The van der Waals surface area contributed by atoms with Crippen molar-refractivity contribution < 1.29 is 4.79 Å². The van der Waals surface area contributed by atoms with Crippen LogP contribution in [0.4, 0.5) is 0 Å². The molecule has 6 heteroatoms. The monoisotopic (exact) mass is 279 g/mol. The van der Waals surface area contributed by atoms with Crippen LogP contribution in [0.15, 0.2) is 6.33 Å². The summed E-state index contributed by atoms with van der Waals surface area (Å²) in [6, 6.07) is 0. The Balaban J connectivity index is 1.67. The van der Waals surface area contributed by atoms with Crippen LogP contribution in [-0.4, -0.2) is 32.7 Å². The zero-order chi connectivity index (χ0) is 14.4. The van der Waals surface area contributed by atoms with E-state index in [4.69, 9.17) is 0 Å². The fourth-order valence-corrected chi connectivity index (χ4v) is 2.76. The van der Waals surface area contributed by atoms with Gasteiger partial charge in [-0.3, -0.25) is 4.79 Å². The van der Waals surface area contributed by atoms with E-state index in [1.807, 2.05) is 0 Å². The molecule has 6 nitrogen and oxygen atoms in total. The predicted molar refractivity (Wildman–Crippen MR) is 75.7 cm³/mol. The lowest BCUT2D eigenvalue weighted by Crippen LogP contribution is -2.34. The number of hydrogen-bond donors (Lipinski definition) is 1. The molecule has 0 unspecified atom stereocenters. The minimum atomic E-state index is 0.201. The quantitative estimate of drug-likeness (QED) is 0.859. The summed E-state index contributed by atoms with van der Waals surface area (Å²) in [5.74, 6) is 1.68. The van der Waals surface area contributed by atoms with Gasteiger partial charge in [-0.2, -0.15) is 0 Å². The van der Waals surface area contributed by atoms with Crippen molar-refractivity contribution in [3.8, 4) is 0 Å². The number of carbonyl (C=O) groups is 1. The van der Waals surface area contributed by atoms with Crippen LogP contribution in [0, 0.1) is 17.8 Å². The first-order chi connectivity index (χ1) is 9.65. The van der Waals surface area contributed by atoms with E-state index in [1.54, 1.807) is 11.0 Å². The van der Waals surface area contributed by atoms with E-state index in [-0.39, 0.29) is 11.8 Å². The Bertz CT molecular complexity index is 396. The second-order valence-electron chi connectivity index (χ2n) is 6.22. The Morgan fingerprint density at radius 1 is 1.35 bits per heavy atom. The van der Waals surface area contributed by atoms with Crippen LogP contribution in [0.25, 0.3) is 0 Å². The van der Waals surface area contributed by atoms with Crippen LogP contribution in [0.5, 0.6) is 0 Å². The van der Waals surface area contributed by atoms with Gasteiger partial charge in [0.2, 0.25) is 5.91 Å². The Morgan fingerprint density at radius 3 is 2.70 bits per heavy atom. The molecular formula is C14H25N5O. The highest BCUT2D eigenvalue weighted by molar-refractivity contribution is 5.78. The summed E-state index contributed by atoms with van der Waals surface area (Å²) < 4.78 is 1.79. The zero-order valence-electron chi connectivity index (χ0n) is 12.5. The molecule has 1 aromatic heterocycles. The van der Waals surface area contributed by atoms with Gasteiger partial charge in [0.1, 0.15) is 6.33 Å². The fourth-order valence-electron chi connectivity index (χ4n) is 2.76. The average molecular weight is 279 g/mol. The summed E-state index contributed by atoms with van der Waals surface area (Å²) in [5, 5.41) is 14.3. The van der Waals surface area contributed by atoms with Crippen molar-refractivity contribution in [2.24, 2.45) is 17.8 Å². The predicted octanol–water partition coefficient (Wildman–Crippen LogP) is 1.64. The number of aromatic nitrogens is 4. The largest absolute Gasteiger partial charge is 0.356 e. The third kappa shape index (κ3) is 4.58. The first kappa shape index (κ1) is 14.9. The van der Waals surface area contributed by atoms with Gasteiger partial charge in [0.25, 0.3) is 0 Å². The Hall–Kier alpha value is -1.46. The van der Waals surface area contributed by atoms with Gasteiger partial charge in [0.05, 0.1) is 0 Å². The molecule has 2 rings (SSSR count). The van der Waals surface area contributed by atoms with Crippen molar-refractivity contribution in [3.05, 3.63) is 6.33 Å². The van der Waals surface area contributed by atoms with Crippen molar-refractivity contribution in [1.82, 2.24) is 25.5 Å². The standard InChI is InChI=1S/C14H25N5O/c1-11(2)7-8-15-14(20)13-5-3-12(4-6-13)9-19-10-16-17-18-19/h10-13H,3-9H2,1-2H3,(H,15,20). The van der Waals surface area contributed by atoms with Crippen molar-refractivity contribution >= 4 is 5.91 Å². The molecule has 112 valence electrons. The van der Waals surface area contributed by atoms with Gasteiger partial charge in [-0.15, -0.1) is 5.10 Å². The van der Waals surface area contributed by atoms with Crippen molar-refractivity contribution in [2.45, 2.75) is 52.5 Å². The smallest absolute Gasteiger partial charge is 0.223 e. The van der Waals surface area contributed by atoms with E-state index in [1.165, 1.54) is 0 Å². The first-order valence-corrected chi connectivity index (χ1v) is 7.63. The molecule has 0 bridgehead atoms. The van der Waals surface area contributed by atoms with Crippen LogP contribution in [-0.2, 0) is 11.3 Å².